The third-order valence-corrected chi connectivity index (χ3v) is 13.3. The fraction of sp³-hybridized carbons (Fsp3) is 0.383. The number of nitrogens with one attached hydrogen (secondary N) is 3. The van der Waals surface area contributed by atoms with Gasteiger partial charge in [-0.05, 0) is 148 Å². The topological polar surface area (TPSA) is 143 Å². The molecule has 2 aliphatic rings. The number of nitrogen functional groups attached to an aromatic ring is 1. The predicted octanol–water partition coefficient (Wildman–Crippen LogP) is 10.2. The van der Waals surface area contributed by atoms with E-state index in [2.05, 4.69) is 41.7 Å². The van der Waals surface area contributed by atoms with E-state index >= 15 is 0 Å². The number of ether oxygens (including phenoxy) is 1. The SMILES string of the molecule is CC1(NCC(O)c2cc(Cl)c(N)c(Cl)c2)CCC(C(C)(C)NC(=O)CCCCCNC(=O)COc2ccc(/C=C/C3=NC(=C\c4ccc(-c5cccs5)n4B(F)F)/C=C3)cc2)CC1. The van der Waals surface area contributed by atoms with Crippen molar-refractivity contribution in [2.24, 2.45) is 10.9 Å². The van der Waals surface area contributed by atoms with Gasteiger partial charge in [-0.15, -0.1) is 11.3 Å². The van der Waals surface area contributed by atoms with Gasteiger partial charge in [0, 0.05) is 41.2 Å². The van der Waals surface area contributed by atoms with Gasteiger partial charge in [0.25, 0.3) is 5.91 Å². The smallest absolute Gasteiger partial charge is 0.484 e. The first-order chi connectivity index (χ1) is 30.1. The highest BCUT2D eigenvalue weighted by molar-refractivity contribution is 7.13. The Morgan fingerprint density at radius 3 is 2.46 bits per heavy atom. The molecular formula is C47H55BCl2F2N6O4S. The van der Waals surface area contributed by atoms with E-state index in [9.17, 15) is 23.3 Å². The second-order valence-corrected chi connectivity index (χ2v) is 18.7. The van der Waals surface area contributed by atoms with Crippen LogP contribution in [0.4, 0.5) is 14.3 Å². The Morgan fingerprint density at radius 1 is 1.05 bits per heavy atom. The highest BCUT2D eigenvalue weighted by Gasteiger charge is 2.38. The van der Waals surface area contributed by atoms with Gasteiger partial charge >= 0.3 is 7.40 Å². The molecule has 2 amide bonds. The number of carbonyl (C=O) groups excluding carboxylic acids is 2. The van der Waals surface area contributed by atoms with E-state index in [1.807, 2.05) is 47.9 Å². The minimum absolute atomic E-state index is 0.0323. The minimum Gasteiger partial charge on any atom is -0.484 e. The van der Waals surface area contributed by atoms with Crippen LogP contribution in [0.3, 0.4) is 0 Å². The Bertz CT molecular complexity index is 2300. The number of thiophene rings is 1. The van der Waals surface area contributed by atoms with Crippen LogP contribution in [-0.2, 0) is 9.59 Å². The van der Waals surface area contributed by atoms with E-state index in [1.54, 1.807) is 48.6 Å². The van der Waals surface area contributed by atoms with Crippen molar-refractivity contribution in [2.75, 3.05) is 25.4 Å². The lowest BCUT2D eigenvalue weighted by molar-refractivity contribution is -0.124. The molecule has 2 aromatic carbocycles. The molecule has 0 saturated heterocycles. The monoisotopic (exact) mass is 918 g/mol. The number of aliphatic imine (C=N–C) groups is 1. The van der Waals surface area contributed by atoms with Gasteiger partial charge in [0.1, 0.15) is 5.75 Å². The summed E-state index contributed by atoms with van der Waals surface area (Å²) < 4.78 is 34.6. The first-order valence-corrected chi connectivity index (χ1v) is 22.9. The number of hydrogen-bond donors (Lipinski definition) is 5. The maximum absolute atomic E-state index is 14.0. The molecule has 1 aliphatic carbocycles. The predicted molar refractivity (Wildman–Crippen MR) is 255 cm³/mol. The summed E-state index contributed by atoms with van der Waals surface area (Å²) in [6.45, 7) is 7.10. The number of amides is 2. The molecule has 0 spiro atoms. The van der Waals surface area contributed by atoms with Crippen LogP contribution in [0.5, 0.6) is 5.75 Å². The average molecular weight is 920 g/mol. The third-order valence-electron chi connectivity index (χ3n) is 11.8. The fourth-order valence-electron chi connectivity index (χ4n) is 7.95. The zero-order valence-electron chi connectivity index (χ0n) is 35.8. The standard InChI is InChI=1S/C47H55BCl2F2N6O4S/c1-46(2,33-20-22-47(3,23-21-33)55-29-41(59)32-26-38(49)45(53)39(50)27-32)57-43(60)9-5-4-6-24-54-44(61)30-62-37-17-11-31(12-18-37)10-13-34-14-15-35(56-34)28-36-16-19-40(58(36)48(51)52)42-8-7-25-63-42/h7-8,10-19,25-28,33,41,55,59H,4-6,9,20-24,29-30,53H2,1-3H3,(H,54,61)(H,57,60)/b13-10+,35-28-. The van der Waals surface area contributed by atoms with Crippen molar-refractivity contribution in [1.29, 1.82) is 0 Å². The summed E-state index contributed by atoms with van der Waals surface area (Å²) in [5.41, 5.74) is 9.28. The van der Waals surface area contributed by atoms with Gasteiger partial charge in [-0.1, -0.05) is 53.9 Å². The molecule has 6 rings (SSSR count). The number of rotatable bonds is 20. The van der Waals surface area contributed by atoms with Crippen molar-refractivity contribution in [3.8, 4) is 16.3 Å². The van der Waals surface area contributed by atoms with Crippen molar-refractivity contribution in [1.82, 2.24) is 20.4 Å². The molecular weight excluding hydrogens is 864 g/mol. The second kappa shape index (κ2) is 21.8. The van der Waals surface area contributed by atoms with Crippen molar-refractivity contribution >= 4 is 77.3 Å². The third kappa shape index (κ3) is 13.4. The maximum Gasteiger partial charge on any atom is 0.678 e. The van der Waals surface area contributed by atoms with Crippen LogP contribution in [0, 0.1) is 5.92 Å². The van der Waals surface area contributed by atoms with Crippen LogP contribution in [0.15, 0.2) is 95.0 Å². The number of hydrogen-bond acceptors (Lipinski definition) is 8. The van der Waals surface area contributed by atoms with Crippen molar-refractivity contribution in [3.63, 3.8) is 0 Å². The Labute approximate surface area is 382 Å². The van der Waals surface area contributed by atoms with Gasteiger partial charge < -0.3 is 36.0 Å². The Kier molecular flexibility index (Phi) is 16.5. The van der Waals surface area contributed by atoms with Crippen LogP contribution >= 0.6 is 34.5 Å². The fourth-order valence-corrected chi connectivity index (χ4v) is 9.20. The van der Waals surface area contributed by atoms with Gasteiger partial charge in [0.15, 0.2) is 6.61 Å². The van der Waals surface area contributed by atoms with E-state index in [0.29, 0.717) is 75.3 Å². The van der Waals surface area contributed by atoms with Gasteiger partial charge in [-0.2, -0.15) is 0 Å². The molecule has 1 atom stereocenters. The largest absolute Gasteiger partial charge is 0.678 e. The second-order valence-electron chi connectivity index (χ2n) is 17.0. The highest BCUT2D eigenvalue weighted by Crippen LogP contribution is 2.38. The Hall–Kier alpha value is -4.73. The number of aromatic nitrogens is 1. The minimum atomic E-state index is -2.68. The summed E-state index contributed by atoms with van der Waals surface area (Å²) in [6.07, 6.45) is 14.6. The van der Waals surface area contributed by atoms with Gasteiger partial charge in [-0.3, -0.25) is 18.2 Å². The molecule has 6 N–H and O–H groups in total. The average Bonchev–Trinajstić information content (AvgIpc) is 4.04. The van der Waals surface area contributed by atoms with E-state index in [4.69, 9.17) is 33.7 Å². The summed E-state index contributed by atoms with van der Waals surface area (Å²) in [7, 11) is -2.68. The summed E-state index contributed by atoms with van der Waals surface area (Å²) >= 11 is 13.7. The van der Waals surface area contributed by atoms with E-state index in [-0.39, 0.29) is 29.5 Å². The molecule has 1 aliphatic heterocycles. The number of halogens is 4. The van der Waals surface area contributed by atoms with Crippen molar-refractivity contribution < 1.29 is 28.1 Å². The molecule has 4 aromatic rings. The van der Waals surface area contributed by atoms with E-state index in [0.717, 1.165) is 59.9 Å². The number of carbonyl (C=O) groups is 2. The molecule has 10 nitrogen and oxygen atoms in total. The number of nitrogens with zero attached hydrogens (tertiary/aromatic N) is 2. The lowest BCUT2D eigenvalue weighted by Crippen LogP contribution is -2.54. The number of aliphatic hydroxyl groups is 1. The summed E-state index contributed by atoms with van der Waals surface area (Å²) in [5, 5.41) is 23.0. The maximum atomic E-state index is 14.0. The lowest BCUT2D eigenvalue weighted by atomic mass is 9.70. The van der Waals surface area contributed by atoms with Crippen LogP contribution in [0.25, 0.3) is 22.7 Å². The first kappa shape index (κ1) is 47.7. The normalized spacial score (nSPS) is 18.8. The number of aliphatic hydroxyl groups excluding tert-OH is 1. The van der Waals surface area contributed by atoms with Gasteiger partial charge in [0.05, 0.1) is 38.9 Å². The number of allylic oxidation sites excluding steroid dienone is 3. The quantitative estimate of drug-likeness (QED) is 0.0340. The molecule has 16 heteroatoms. The molecule has 63 heavy (non-hydrogen) atoms. The Balaban J connectivity index is 0.829. The molecule has 1 unspecified atom stereocenters. The number of anilines is 1. The summed E-state index contributed by atoms with van der Waals surface area (Å²) in [4.78, 5) is 30.7. The van der Waals surface area contributed by atoms with Crippen LogP contribution in [0.1, 0.15) is 95.1 Å². The van der Waals surface area contributed by atoms with Gasteiger partial charge in [0.2, 0.25) is 5.91 Å². The van der Waals surface area contributed by atoms with Crippen LogP contribution in [0.2, 0.25) is 10.0 Å². The van der Waals surface area contributed by atoms with E-state index < -0.39 is 13.5 Å². The van der Waals surface area contributed by atoms with Crippen LogP contribution < -0.4 is 26.4 Å². The molecule has 2 aromatic heterocycles. The molecule has 0 radical (unpaired) electrons. The number of benzene rings is 2. The summed E-state index contributed by atoms with van der Waals surface area (Å²) in [6, 6.07) is 17.6. The highest BCUT2D eigenvalue weighted by atomic mass is 35.5. The molecule has 1 fully saturated rings. The van der Waals surface area contributed by atoms with Gasteiger partial charge in [-0.25, -0.2) is 4.99 Å². The number of β-amino-alcohol motifs (C(OH)–C–C–N with tert-alkyl or cyclic N) is 1. The lowest BCUT2D eigenvalue weighted by Gasteiger charge is -2.44. The van der Waals surface area contributed by atoms with Crippen molar-refractivity contribution in [3.05, 3.63) is 117 Å². The zero-order chi connectivity index (χ0) is 45.1. The van der Waals surface area contributed by atoms with Crippen LogP contribution in [-0.4, -0.2) is 65.3 Å². The summed E-state index contributed by atoms with van der Waals surface area (Å²) in [5.74, 6) is 0.700. The van der Waals surface area contributed by atoms with E-state index in [1.165, 1.54) is 11.3 Å². The molecule has 334 valence electrons. The Morgan fingerprint density at radius 2 is 1.78 bits per heavy atom. The van der Waals surface area contributed by atoms with Crippen molar-refractivity contribution in [2.45, 2.75) is 89.3 Å². The number of unbranched alkanes of at least 4 members (excludes halogenated alkanes) is 2. The zero-order valence-corrected chi connectivity index (χ0v) is 38.1. The first-order valence-electron chi connectivity index (χ1n) is 21.3. The number of nitrogens with two attached hydrogens (primary N) is 1. The molecule has 0 bridgehead atoms. The molecule has 1 saturated carbocycles. The molecule has 3 heterocycles.